The lowest BCUT2D eigenvalue weighted by atomic mass is 10.1. The summed E-state index contributed by atoms with van der Waals surface area (Å²) in [6.45, 7) is 0.474. The quantitative estimate of drug-likeness (QED) is 0.902. The second kappa shape index (κ2) is 5.71. The Hall–Kier alpha value is -2.07. The number of halogens is 2. The topological polar surface area (TPSA) is 55.1 Å². The number of hydrogen-bond donors (Lipinski definition) is 2. The standard InChI is InChI=1S/C14H12ClFN2O/c15-12-6-9(4-5-13(12)16)8-18-11-3-1-2-10(7-11)14(17)19/h1-7,18H,8H2,(H2,17,19). The maximum Gasteiger partial charge on any atom is 0.248 e. The van der Waals surface area contributed by atoms with Gasteiger partial charge in [-0.1, -0.05) is 23.7 Å². The van der Waals surface area contributed by atoms with Gasteiger partial charge in [0.25, 0.3) is 0 Å². The fourth-order valence-corrected chi connectivity index (χ4v) is 1.84. The van der Waals surface area contributed by atoms with Crippen LogP contribution in [0.15, 0.2) is 42.5 Å². The molecule has 0 fully saturated rings. The summed E-state index contributed by atoms with van der Waals surface area (Å²) in [6, 6.07) is 11.4. The van der Waals surface area contributed by atoms with E-state index in [1.165, 1.54) is 6.07 Å². The zero-order valence-corrected chi connectivity index (χ0v) is 10.7. The van der Waals surface area contributed by atoms with Crippen molar-refractivity contribution in [1.82, 2.24) is 0 Å². The first-order chi connectivity index (χ1) is 9.06. The summed E-state index contributed by atoms with van der Waals surface area (Å²) in [5.41, 5.74) is 7.24. The average Bonchev–Trinajstić information content (AvgIpc) is 2.40. The molecule has 3 nitrogen and oxygen atoms in total. The molecule has 0 aliphatic heterocycles. The monoisotopic (exact) mass is 278 g/mol. The highest BCUT2D eigenvalue weighted by atomic mass is 35.5. The number of anilines is 1. The third-order valence-electron chi connectivity index (χ3n) is 2.63. The number of amides is 1. The number of benzene rings is 2. The van der Waals surface area contributed by atoms with E-state index >= 15 is 0 Å². The number of carbonyl (C=O) groups is 1. The van der Waals surface area contributed by atoms with Crippen LogP contribution in [0.5, 0.6) is 0 Å². The first-order valence-corrected chi connectivity index (χ1v) is 6.02. The van der Waals surface area contributed by atoms with Gasteiger partial charge < -0.3 is 11.1 Å². The number of nitrogens with one attached hydrogen (secondary N) is 1. The number of rotatable bonds is 4. The summed E-state index contributed by atoms with van der Waals surface area (Å²) >= 11 is 5.70. The molecule has 1 amide bonds. The van der Waals surface area contributed by atoms with E-state index in [9.17, 15) is 9.18 Å². The van der Waals surface area contributed by atoms with Gasteiger partial charge in [-0.05, 0) is 35.9 Å². The Bertz CT molecular complexity index is 616. The third-order valence-corrected chi connectivity index (χ3v) is 2.92. The van der Waals surface area contributed by atoms with Crippen LogP contribution in [-0.4, -0.2) is 5.91 Å². The van der Waals surface area contributed by atoms with E-state index in [-0.39, 0.29) is 5.02 Å². The summed E-state index contributed by atoms with van der Waals surface area (Å²) in [7, 11) is 0. The van der Waals surface area contributed by atoms with Gasteiger partial charge in [-0.25, -0.2) is 4.39 Å². The molecule has 2 aromatic rings. The number of nitrogens with two attached hydrogens (primary N) is 1. The van der Waals surface area contributed by atoms with Crippen molar-refractivity contribution in [2.75, 3.05) is 5.32 Å². The Balaban J connectivity index is 2.07. The van der Waals surface area contributed by atoms with Crippen LogP contribution in [0, 0.1) is 5.82 Å². The van der Waals surface area contributed by atoms with Crippen LogP contribution in [0.4, 0.5) is 10.1 Å². The molecule has 0 bridgehead atoms. The summed E-state index contributed by atoms with van der Waals surface area (Å²) in [6.07, 6.45) is 0. The number of primary amides is 1. The second-order valence-corrected chi connectivity index (χ2v) is 4.45. The Morgan fingerprint density at radius 3 is 2.74 bits per heavy atom. The maximum atomic E-state index is 13.0. The van der Waals surface area contributed by atoms with Crippen LogP contribution in [-0.2, 0) is 6.54 Å². The van der Waals surface area contributed by atoms with E-state index in [0.717, 1.165) is 11.3 Å². The van der Waals surface area contributed by atoms with E-state index < -0.39 is 11.7 Å². The number of carbonyl (C=O) groups excluding carboxylic acids is 1. The molecule has 19 heavy (non-hydrogen) atoms. The van der Waals surface area contributed by atoms with Crippen molar-refractivity contribution < 1.29 is 9.18 Å². The molecule has 5 heteroatoms. The Labute approximate surface area is 115 Å². The molecule has 98 valence electrons. The molecular weight excluding hydrogens is 267 g/mol. The zero-order valence-electron chi connectivity index (χ0n) is 9.99. The summed E-state index contributed by atoms with van der Waals surface area (Å²) in [5, 5.41) is 3.20. The lowest BCUT2D eigenvalue weighted by Crippen LogP contribution is -2.11. The van der Waals surface area contributed by atoms with E-state index in [1.807, 2.05) is 6.07 Å². The van der Waals surface area contributed by atoms with Crippen molar-refractivity contribution in [3.8, 4) is 0 Å². The van der Waals surface area contributed by atoms with E-state index in [2.05, 4.69) is 5.32 Å². The van der Waals surface area contributed by atoms with Gasteiger partial charge in [0.1, 0.15) is 5.82 Å². The van der Waals surface area contributed by atoms with Gasteiger partial charge in [-0.15, -0.1) is 0 Å². The van der Waals surface area contributed by atoms with Gasteiger partial charge >= 0.3 is 0 Å². The molecule has 2 aromatic carbocycles. The minimum absolute atomic E-state index is 0.0881. The first-order valence-electron chi connectivity index (χ1n) is 5.64. The molecule has 0 unspecified atom stereocenters. The van der Waals surface area contributed by atoms with Crippen molar-refractivity contribution >= 4 is 23.2 Å². The molecule has 2 rings (SSSR count). The van der Waals surface area contributed by atoms with Crippen LogP contribution in [0.1, 0.15) is 15.9 Å². The second-order valence-electron chi connectivity index (χ2n) is 4.05. The minimum atomic E-state index is -0.478. The Morgan fingerprint density at radius 2 is 2.05 bits per heavy atom. The van der Waals surface area contributed by atoms with Crippen LogP contribution >= 0.6 is 11.6 Å². The molecule has 0 aliphatic rings. The van der Waals surface area contributed by atoms with Crippen molar-refractivity contribution in [3.63, 3.8) is 0 Å². The maximum absolute atomic E-state index is 13.0. The molecule has 0 spiro atoms. The lowest BCUT2D eigenvalue weighted by molar-refractivity contribution is 0.100. The fourth-order valence-electron chi connectivity index (χ4n) is 1.64. The highest BCUT2D eigenvalue weighted by Crippen LogP contribution is 2.17. The molecule has 0 saturated heterocycles. The molecule has 0 radical (unpaired) electrons. The third kappa shape index (κ3) is 3.45. The average molecular weight is 279 g/mol. The van der Waals surface area contributed by atoms with Gasteiger partial charge in [-0.3, -0.25) is 4.79 Å². The summed E-state index contributed by atoms with van der Waals surface area (Å²) < 4.78 is 13.0. The van der Waals surface area contributed by atoms with Crippen LogP contribution in [0.3, 0.4) is 0 Å². The smallest absolute Gasteiger partial charge is 0.248 e. The van der Waals surface area contributed by atoms with E-state index in [1.54, 1.807) is 30.3 Å². The van der Waals surface area contributed by atoms with E-state index in [0.29, 0.717) is 12.1 Å². The predicted octanol–water partition coefficient (Wildman–Crippen LogP) is 3.19. The minimum Gasteiger partial charge on any atom is -0.381 e. The molecule has 0 aromatic heterocycles. The van der Waals surface area contributed by atoms with Crippen molar-refractivity contribution in [2.24, 2.45) is 5.73 Å². The lowest BCUT2D eigenvalue weighted by Gasteiger charge is -2.08. The Kier molecular flexibility index (Phi) is 4.02. The highest BCUT2D eigenvalue weighted by molar-refractivity contribution is 6.30. The Morgan fingerprint density at radius 1 is 1.26 bits per heavy atom. The van der Waals surface area contributed by atoms with Crippen LogP contribution in [0.2, 0.25) is 5.02 Å². The van der Waals surface area contributed by atoms with Gasteiger partial charge in [0, 0.05) is 17.8 Å². The van der Waals surface area contributed by atoms with Gasteiger partial charge in [-0.2, -0.15) is 0 Å². The van der Waals surface area contributed by atoms with Crippen LogP contribution < -0.4 is 11.1 Å². The highest BCUT2D eigenvalue weighted by Gasteiger charge is 2.03. The molecule has 0 aliphatic carbocycles. The van der Waals surface area contributed by atoms with Crippen LogP contribution in [0.25, 0.3) is 0 Å². The summed E-state index contributed by atoms with van der Waals surface area (Å²) in [4.78, 5) is 11.0. The van der Waals surface area contributed by atoms with E-state index in [4.69, 9.17) is 17.3 Å². The molecule has 0 heterocycles. The SMILES string of the molecule is NC(=O)c1cccc(NCc2ccc(F)c(Cl)c2)c1. The predicted molar refractivity (Wildman–Crippen MR) is 73.7 cm³/mol. The van der Waals surface area contributed by atoms with Crippen molar-refractivity contribution in [1.29, 1.82) is 0 Å². The van der Waals surface area contributed by atoms with Gasteiger partial charge in [0.2, 0.25) is 5.91 Å². The molecular formula is C14H12ClFN2O. The number of hydrogen-bond acceptors (Lipinski definition) is 2. The summed E-state index contributed by atoms with van der Waals surface area (Å²) in [5.74, 6) is -0.922. The molecule has 0 atom stereocenters. The normalized spacial score (nSPS) is 10.2. The van der Waals surface area contributed by atoms with Crippen molar-refractivity contribution in [2.45, 2.75) is 6.54 Å². The largest absolute Gasteiger partial charge is 0.381 e. The van der Waals surface area contributed by atoms with Crippen molar-refractivity contribution in [3.05, 3.63) is 64.4 Å². The fraction of sp³-hybridized carbons (Fsp3) is 0.0714. The molecule has 3 N–H and O–H groups in total. The zero-order chi connectivity index (χ0) is 13.8. The van der Waals surface area contributed by atoms with Gasteiger partial charge in [0.05, 0.1) is 5.02 Å². The first kappa shape index (κ1) is 13.4. The molecule has 0 saturated carbocycles. The van der Waals surface area contributed by atoms with Gasteiger partial charge in [0.15, 0.2) is 0 Å².